The second kappa shape index (κ2) is 8.19. The molecular weight excluding hydrogens is 342 g/mol. The molecule has 0 N–H and O–H groups in total. The van der Waals surface area contributed by atoms with Gasteiger partial charge in [0.25, 0.3) is 0 Å². The first-order valence-electron chi connectivity index (χ1n) is 7.89. The van der Waals surface area contributed by atoms with Crippen molar-refractivity contribution in [3.8, 4) is 22.9 Å². The Bertz CT molecular complexity index is 882. The SMILES string of the molecule is CCOc1cc(/C=N\n2cnnc2-c2ccccc2)ccc1OC(F)F. The van der Waals surface area contributed by atoms with Gasteiger partial charge in [0, 0.05) is 5.56 Å². The Hall–Kier alpha value is -3.29. The van der Waals surface area contributed by atoms with Gasteiger partial charge < -0.3 is 9.47 Å². The average molecular weight is 358 g/mol. The largest absolute Gasteiger partial charge is 0.490 e. The Morgan fingerprint density at radius 2 is 1.96 bits per heavy atom. The van der Waals surface area contributed by atoms with E-state index in [4.69, 9.17) is 4.74 Å². The molecule has 8 heteroatoms. The summed E-state index contributed by atoms with van der Waals surface area (Å²) in [5, 5.41) is 12.3. The number of hydrogen-bond acceptors (Lipinski definition) is 5. The molecule has 0 aliphatic rings. The number of ether oxygens (including phenoxy) is 2. The molecule has 134 valence electrons. The van der Waals surface area contributed by atoms with E-state index in [-0.39, 0.29) is 11.5 Å². The van der Waals surface area contributed by atoms with E-state index in [2.05, 4.69) is 20.0 Å². The van der Waals surface area contributed by atoms with Crippen molar-refractivity contribution in [2.45, 2.75) is 13.5 Å². The van der Waals surface area contributed by atoms with Crippen molar-refractivity contribution >= 4 is 6.21 Å². The normalized spacial score (nSPS) is 11.2. The van der Waals surface area contributed by atoms with Gasteiger partial charge in [-0.2, -0.15) is 18.6 Å². The van der Waals surface area contributed by atoms with E-state index >= 15 is 0 Å². The maximum atomic E-state index is 12.5. The van der Waals surface area contributed by atoms with Gasteiger partial charge in [-0.05, 0) is 30.7 Å². The minimum Gasteiger partial charge on any atom is -0.490 e. The topological polar surface area (TPSA) is 61.5 Å². The molecule has 0 aliphatic heterocycles. The molecule has 1 aromatic heterocycles. The molecule has 0 saturated heterocycles. The molecule has 0 fully saturated rings. The van der Waals surface area contributed by atoms with Crippen molar-refractivity contribution < 1.29 is 18.3 Å². The predicted octanol–water partition coefficient (Wildman–Crippen LogP) is 3.83. The third-order valence-electron chi connectivity index (χ3n) is 3.38. The molecule has 0 radical (unpaired) electrons. The quantitative estimate of drug-likeness (QED) is 0.602. The van der Waals surface area contributed by atoms with Crippen LogP contribution in [0.2, 0.25) is 0 Å². The van der Waals surface area contributed by atoms with Crippen molar-refractivity contribution in [1.29, 1.82) is 0 Å². The summed E-state index contributed by atoms with van der Waals surface area (Å²) < 4.78 is 36.3. The van der Waals surface area contributed by atoms with Gasteiger partial charge in [-0.1, -0.05) is 30.3 Å². The summed E-state index contributed by atoms with van der Waals surface area (Å²) in [7, 11) is 0. The summed E-state index contributed by atoms with van der Waals surface area (Å²) in [5.74, 6) is 0.793. The number of hydrogen-bond donors (Lipinski definition) is 0. The molecule has 0 atom stereocenters. The highest BCUT2D eigenvalue weighted by Crippen LogP contribution is 2.29. The molecule has 0 amide bonds. The van der Waals surface area contributed by atoms with Crippen LogP contribution in [-0.4, -0.2) is 34.3 Å². The lowest BCUT2D eigenvalue weighted by atomic mass is 10.2. The van der Waals surface area contributed by atoms with E-state index in [0.717, 1.165) is 5.56 Å². The van der Waals surface area contributed by atoms with Crippen molar-refractivity contribution in [2.24, 2.45) is 5.10 Å². The molecule has 3 aromatic rings. The van der Waals surface area contributed by atoms with Crippen molar-refractivity contribution in [2.75, 3.05) is 6.61 Å². The Morgan fingerprint density at radius 1 is 1.15 bits per heavy atom. The molecule has 2 aromatic carbocycles. The smallest absolute Gasteiger partial charge is 0.387 e. The Morgan fingerprint density at radius 3 is 2.69 bits per heavy atom. The number of benzene rings is 2. The van der Waals surface area contributed by atoms with Gasteiger partial charge in [0.1, 0.15) is 6.33 Å². The first kappa shape index (κ1) is 17.5. The van der Waals surface area contributed by atoms with E-state index in [1.807, 2.05) is 30.3 Å². The monoisotopic (exact) mass is 358 g/mol. The van der Waals surface area contributed by atoms with Crippen LogP contribution in [0.25, 0.3) is 11.4 Å². The minimum absolute atomic E-state index is 0.0201. The highest BCUT2D eigenvalue weighted by Gasteiger charge is 2.11. The summed E-state index contributed by atoms with van der Waals surface area (Å²) in [6.45, 7) is -0.834. The number of halogens is 2. The lowest BCUT2D eigenvalue weighted by molar-refractivity contribution is -0.0514. The molecule has 0 unspecified atom stereocenters. The van der Waals surface area contributed by atoms with E-state index in [1.54, 1.807) is 25.3 Å². The van der Waals surface area contributed by atoms with Gasteiger partial charge in [0.15, 0.2) is 17.3 Å². The Labute approximate surface area is 148 Å². The van der Waals surface area contributed by atoms with Crippen LogP contribution in [0, 0.1) is 0 Å². The van der Waals surface area contributed by atoms with Crippen molar-refractivity contribution in [3.63, 3.8) is 0 Å². The van der Waals surface area contributed by atoms with E-state index < -0.39 is 6.61 Å². The number of aromatic nitrogens is 3. The number of nitrogens with zero attached hydrogens (tertiary/aromatic N) is 4. The third kappa shape index (κ3) is 4.21. The van der Waals surface area contributed by atoms with Crippen LogP contribution in [0.4, 0.5) is 8.78 Å². The number of alkyl halides is 2. The predicted molar refractivity (Wildman–Crippen MR) is 92.7 cm³/mol. The standard InChI is InChI=1S/C18H16F2N4O2/c1-2-25-16-10-13(8-9-15(16)26-18(19)20)11-22-24-12-21-23-17(24)14-6-4-3-5-7-14/h3-12,18H,2H2,1H3/b22-11-. The fourth-order valence-corrected chi connectivity index (χ4v) is 2.29. The first-order valence-corrected chi connectivity index (χ1v) is 7.89. The van der Waals surface area contributed by atoms with Crippen LogP contribution in [0.3, 0.4) is 0 Å². The Balaban J connectivity index is 1.85. The Kier molecular flexibility index (Phi) is 5.52. The molecule has 0 spiro atoms. The molecule has 3 rings (SSSR count). The lowest BCUT2D eigenvalue weighted by Crippen LogP contribution is -2.05. The fourth-order valence-electron chi connectivity index (χ4n) is 2.29. The minimum atomic E-state index is -2.92. The fraction of sp³-hybridized carbons (Fsp3) is 0.167. The summed E-state index contributed by atoms with van der Waals surface area (Å²) in [6.07, 6.45) is 3.04. The van der Waals surface area contributed by atoms with Gasteiger partial charge in [0.05, 0.1) is 12.8 Å². The average Bonchev–Trinajstić information content (AvgIpc) is 3.11. The maximum Gasteiger partial charge on any atom is 0.387 e. The maximum absolute atomic E-state index is 12.5. The molecule has 1 heterocycles. The van der Waals surface area contributed by atoms with E-state index in [9.17, 15) is 8.78 Å². The van der Waals surface area contributed by atoms with Gasteiger partial charge in [-0.3, -0.25) is 0 Å². The lowest BCUT2D eigenvalue weighted by Gasteiger charge is -2.11. The second-order valence-electron chi connectivity index (χ2n) is 5.13. The van der Waals surface area contributed by atoms with Gasteiger partial charge >= 0.3 is 6.61 Å². The van der Waals surface area contributed by atoms with Crippen LogP contribution < -0.4 is 9.47 Å². The van der Waals surface area contributed by atoms with Crippen LogP contribution in [0.15, 0.2) is 60.0 Å². The van der Waals surface area contributed by atoms with Gasteiger partial charge in [-0.25, -0.2) is 0 Å². The van der Waals surface area contributed by atoms with Crippen LogP contribution >= 0.6 is 0 Å². The summed E-state index contributed by atoms with van der Waals surface area (Å²) in [4.78, 5) is 0. The molecule has 0 saturated carbocycles. The van der Waals surface area contributed by atoms with Crippen molar-refractivity contribution in [1.82, 2.24) is 14.9 Å². The molecule has 26 heavy (non-hydrogen) atoms. The summed E-state index contributed by atoms with van der Waals surface area (Å²) in [6, 6.07) is 14.1. The molecule has 0 aliphatic carbocycles. The van der Waals surface area contributed by atoms with Crippen LogP contribution in [0.5, 0.6) is 11.5 Å². The molecular formula is C18H16F2N4O2. The third-order valence-corrected chi connectivity index (χ3v) is 3.38. The highest BCUT2D eigenvalue weighted by atomic mass is 19.3. The highest BCUT2D eigenvalue weighted by molar-refractivity contribution is 5.81. The zero-order valence-electron chi connectivity index (χ0n) is 13.9. The zero-order chi connectivity index (χ0) is 18.4. The number of rotatable bonds is 7. The first-order chi connectivity index (χ1) is 12.7. The van der Waals surface area contributed by atoms with Crippen molar-refractivity contribution in [3.05, 3.63) is 60.4 Å². The zero-order valence-corrected chi connectivity index (χ0v) is 13.9. The molecule has 6 nitrogen and oxygen atoms in total. The van der Waals surface area contributed by atoms with Gasteiger partial charge in [0.2, 0.25) is 0 Å². The summed E-state index contributed by atoms with van der Waals surface area (Å²) in [5.41, 5.74) is 1.53. The second-order valence-corrected chi connectivity index (χ2v) is 5.13. The van der Waals surface area contributed by atoms with Gasteiger partial charge in [-0.15, -0.1) is 10.2 Å². The summed E-state index contributed by atoms with van der Waals surface area (Å²) >= 11 is 0. The van der Waals surface area contributed by atoms with Crippen LogP contribution in [-0.2, 0) is 0 Å². The van der Waals surface area contributed by atoms with E-state index in [0.29, 0.717) is 18.0 Å². The molecule has 0 bridgehead atoms. The van der Waals surface area contributed by atoms with Crippen LogP contribution in [0.1, 0.15) is 12.5 Å². The van der Waals surface area contributed by atoms with E-state index in [1.165, 1.54) is 17.1 Å².